The lowest BCUT2D eigenvalue weighted by Gasteiger charge is -2.10. The van der Waals surface area contributed by atoms with Crippen molar-refractivity contribution in [2.75, 3.05) is 11.5 Å². The van der Waals surface area contributed by atoms with Crippen molar-refractivity contribution < 1.29 is 17.9 Å². The molecule has 0 heterocycles. The number of hydrogen-bond acceptors (Lipinski definition) is 3. The normalized spacial score (nSPS) is 10.5. The zero-order valence-electron chi connectivity index (χ0n) is 8.01. The van der Waals surface area contributed by atoms with Gasteiger partial charge in [-0.3, -0.25) is 0 Å². The number of thiol groups is 1. The molecule has 0 radical (unpaired) electrons. The van der Waals surface area contributed by atoms with Gasteiger partial charge in [-0.1, -0.05) is 11.8 Å². The zero-order valence-corrected chi connectivity index (χ0v) is 8.90. The summed E-state index contributed by atoms with van der Waals surface area (Å²) in [6, 6.07) is 3.84. The van der Waals surface area contributed by atoms with Crippen LogP contribution >= 0.6 is 12.6 Å². The van der Waals surface area contributed by atoms with E-state index < -0.39 is 12.1 Å². The van der Waals surface area contributed by atoms with Gasteiger partial charge in [0.05, 0.1) is 11.4 Å². The van der Waals surface area contributed by atoms with Gasteiger partial charge in [0.25, 0.3) is 0 Å². The maximum absolute atomic E-state index is 11.9. The van der Waals surface area contributed by atoms with E-state index in [4.69, 9.17) is 5.73 Å². The summed E-state index contributed by atoms with van der Waals surface area (Å²) in [6.07, 6.45) is -4.74. The molecule has 1 aromatic rings. The van der Waals surface area contributed by atoms with Crippen LogP contribution in [0.1, 0.15) is 5.56 Å². The molecule has 0 aliphatic heterocycles. The van der Waals surface area contributed by atoms with Crippen molar-refractivity contribution in [2.45, 2.75) is 6.36 Å². The fourth-order valence-electron chi connectivity index (χ4n) is 0.985. The van der Waals surface area contributed by atoms with Crippen LogP contribution in [0.25, 0.3) is 0 Å². The highest BCUT2D eigenvalue weighted by Gasteiger charge is 2.31. The summed E-state index contributed by atoms with van der Waals surface area (Å²) in [5.74, 6) is 5.27. The number of ether oxygens (including phenoxy) is 1. The van der Waals surface area contributed by atoms with Crippen molar-refractivity contribution in [3.8, 4) is 17.6 Å². The number of nitrogens with two attached hydrogens (primary N) is 1. The second kappa shape index (κ2) is 5.03. The molecule has 0 fully saturated rings. The number of rotatable bonds is 1. The summed E-state index contributed by atoms with van der Waals surface area (Å²) in [5.41, 5.74) is 5.80. The first-order valence-electron chi connectivity index (χ1n) is 4.17. The van der Waals surface area contributed by atoms with E-state index in [-0.39, 0.29) is 5.69 Å². The predicted molar refractivity (Wildman–Crippen MR) is 58.3 cm³/mol. The molecule has 1 rings (SSSR count). The minimum absolute atomic E-state index is 0.108. The molecule has 0 bridgehead atoms. The molecule has 6 heteroatoms. The molecular weight excluding hydrogens is 239 g/mol. The molecule has 0 aromatic heterocycles. The van der Waals surface area contributed by atoms with Crippen LogP contribution in [-0.4, -0.2) is 12.1 Å². The van der Waals surface area contributed by atoms with E-state index in [0.717, 1.165) is 6.07 Å². The summed E-state index contributed by atoms with van der Waals surface area (Å²) in [7, 11) is 0. The van der Waals surface area contributed by atoms with Crippen LogP contribution in [-0.2, 0) is 0 Å². The fraction of sp³-hybridized carbons (Fsp3) is 0.200. The molecular formula is C10H8F3NOS. The van der Waals surface area contributed by atoms with Gasteiger partial charge in [-0.05, 0) is 18.2 Å². The smallest absolute Gasteiger partial charge is 0.404 e. The first kappa shape index (κ1) is 12.6. The van der Waals surface area contributed by atoms with Gasteiger partial charge in [0, 0.05) is 5.56 Å². The van der Waals surface area contributed by atoms with Crippen molar-refractivity contribution >= 4 is 18.3 Å². The van der Waals surface area contributed by atoms with Gasteiger partial charge < -0.3 is 10.5 Å². The number of hydrogen-bond donors (Lipinski definition) is 2. The van der Waals surface area contributed by atoms with Gasteiger partial charge in [-0.25, -0.2) is 0 Å². The molecule has 2 N–H and O–H groups in total. The molecule has 86 valence electrons. The number of anilines is 1. The molecule has 0 unspecified atom stereocenters. The Labute approximate surface area is 96.0 Å². The number of benzene rings is 1. The lowest BCUT2D eigenvalue weighted by molar-refractivity contribution is -0.274. The molecule has 0 aliphatic carbocycles. The lowest BCUT2D eigenvalue weighted by atomic mass is 10.2. The second-order valence-electron chi connectivity index (χ2n) is 2.76. The third-order valence-corrected chi connectivity index (χ3v) is 1.71. The van der Waals surface area contributed by atoms with Gasteiger partial charge in [0.2, 0.25) is 0 Å². The summed E-state index contributed by atoms with van der Waals surface area (Å²) in [6.45, 7) is 0. The van der Waals surface area contributed by atoms with Crippen LogP contribution in [0.15, 0.2) is 18.2 Å². The SMILES string of the molecule is Nc1cc(C#CCS)ccc1OC(F)(F)F. The van der Waals surface area contributed by atoms with Gasteiger partial charge in [-0.15, -0.1) is 13.2 Å². The maximum Gasteiger partial charge on any atom is 0.573 e. The minimum Gasteiger partial charge on any atom is -0.404 e. The van der Waals surface area contributed by atoms with E-state index in [1.165, 1.54) is 12.1 Å². The monoisotopic (exact) mass is 247 g/mol. The Balaban J connectivity index is 2.92. The summed E-state index contributed by atoms with van der Waals surface area (Å²) >= 11 is 3.87. The van der Waals surface area contributed by atoms with Crippen molar-refractivity contribution in [3.63, 3.8) is 0 Å². The van der Waals surface area contributed by atoms with E-state index in [2.05, 4.69) is 29.2 Å². The van der Waals surface area contributed by atoms with E-state index in [1.807, 2.05) is 0 Å². The number of nitrogen functional groups attached to an aromatic ring is 1. The van der Waals surface area contributed by atoms with Crippen LogP contribution in [0.5, 0.6) is 5.75 Å². The zero-order chi connectivity index (χ0) is 12.2. The van der Waals surface area contributed by atoms with Crippen LogP contribution in [0.3, 0.4) is 0 Å². The number of alkyl halides is 3. The molecule has 16 heavy (non-hydrogen) atoms. The largest absolute Gasteiger partial charge is 0.573 e. The van der Waals surface area contributed by atoms with Crippen molar-refractivity contribution in [2.24, 2.45) is 0 Å². The Kier molecular flexibility index (Phi) is 3.96. The third-order valence-electron chi connectivity index (χ3n) is 1.55. The topological polar surface area (TPSA) is 35.2 Å². The van der Waals surface area contributed by atoms with Crippen molar-refractivity contribution in [1.82, 2.24) is 0 Å². The molecule has 0 spiro atoms. The molecule has 2 nitrogen and oxygen atoms in total. The maximum atomic E-state index is 11.9. The standard InChI is InChI=1S/C10H8F3NOS/c11-10(12,13)15-9-4-3-7(2-1-5-16)6-8(9)14/h3-4,6,16H,5,14H2. The van der Waals surface area contributed by atoms with Crippen LogP contribution < -0.4 is 10.5 Å². The van der Waals surface area contributed by atoms with Gasteiger partial charge >= 0.3 is 6.36 Å². The highest BCUT2D eigenvalue weighted by atomic mass is 32.1. The third kappa shape index (κ3) is 3.95. The Hall–Kier alpha value is -1.48. The highest BCUT2D eigenvalue weighted by Crippen LogP contribution is 2.28. The van der Waals surface area contributed by atoms with Crippen LogP contribution in [0, 0.1) is 11.8 Å². The van der Waals surface area contributed by atoms with Crippen molar-refractivity contribution in [1.29, 1.82) is 0 Å². The Morgan fingerprint density at radius 2 is 2.06 bits per heavy atom. The molecule has 1 aromatic carbocycles. The van der Waals surface area contributed by atoms with Gasteiger partial charge in [0.15, 0.2) is 5.75 Å². The Morgan fingerprint density at radius 3 is 2.56 bits per heavy atom. The van der Waals surface area contributed by atoms with E-state index >= 15 is 0 Å². The first-order valence-corrected chi connectivity index (χ1v) is 4.80. The second-order valence-corrected chi connectivity index (χ2v) is 3.08. The average molecular weight is 247 g/mol. The molecule has 0 aliphatic rings. The summed E-state index contributed by atoms with van der Waals surface area (Å²) in [5, 5.41) is 0. The highest BCUT2D eigenvalue weighted by molar-refractivity contribution is 7.80. The summed E-state index contributed by atoms with van der Waals surface area (Å²) in [4.78, 5) is 0. The minimum atomic E-state index is -4.74. The first-order chi connectivity index (χ1) is 7.42. The number of halogens is 3. The van der Waals surface area contributed by atoms with Gasteiger partial charge in [0.1, 0.15) is 0 Å². The fourth-order valence-corrected chi connectivity index (χ4v) is 1.06. The lowest BCUT2D eigenvalue weighted by Crippen LogP contribution is -2.18. The van der Waals surface area contributed by atoms with E-state index in [0.29, 0.717) is 11.3 Å². The Morgan fingerprint density at radius 1 is 1.38 bits per heavy atom. The quantitative estimate of drug-likeness (QED) is 0.454. The van der Waals surface area contributed by atoms with Crippen LogP contribution in [0.2, 0.25) is 0 Å². The molecule has 0 saturated carbocycles. The average Bonchev–Trinajstić information content (AvgIpc) is 2.17. The summed E-state index contributed by atoms with van der Waals surface area (Å²) < 4.78 is 39.4. The van der Waals surface area contributed by atoms with E-state index in [1.54, 1.807) is 0 Å². The Bertz CT molecular complexity index is 434. The molecule has 0 atom stereocenters. The predicted octanol–water partition coefficient (Wildman–Crippen LogP) is 2.45. The van der Waals surface area contributed by atoms with E-state index in [9.17, 15) is 13.2 Å². The van der Waals surface area contributed by atoms with Crippen molar-refractivity contribution in [3.05, 3.63) is 23.8 Å². The molecule has 0 saturated heterocycles. The van der Waals surface area contributed by atoms with Gasteiger partial charge in [-0.2, -0.15) is 12.6 Å². The molecule has 0 amide bonds. The van der Waals surface area contributed by atoms with Crippen LogP contribution in [0.4, 0.5) is 18.9 Å².